The molecule has 0 aliphatic rings. The minimum absolute atomic E-state index is 0.494. The van der Waals surface area contributed by atoms with Crippen molar-refractivity contribution in [1.82, 2.24) is 10.2 Å². The average molecular weight is 247 g/mol. The normalized spacial score (nSPS) is 10.4. The molecule has 96 valence electrons. The molecule has 1 N–H and O–H groups in total. The first kappa shape index (κ1) is 12.4. The van der Waals surface area contributed by atoms with Crippen molar-refractivity contribution < 1.29 is 9.15 Å². The van der Waals surface area contributed by atoms with Crippen LogP contribution in [0.25, 0.3) is 0 Å². The van der Waals surface area contributed by atoms with Gasteiger partial charge in [-0.1, -0.05) is 19.1 Å². The Labute approximate surface area is 106 Å². The first-order valence-corrected chi connectivity index (χ1v) is 5.93. The van der Waals surface area contributed by atoms with E-state index in [-0.39, 0.29) is 0 Å². The predicted octanol–water partition coefficient (Wildman–Crippen LogP) is 2.56. The van der Waals surface area contributed by atoms with E-state index in [1.807, 2.05) is 32.0 Å². The zero-order chi connectivity index (χ0) is 13.0. The summed E-state index contributed by atoms with van der Waals surface area (Å²) in [7, 11) is 1.65. The van der Waals surface area contributed by atoms with Crippen LogP contribution in [0.15, 0.2) is 22.6 Å². The van der Waals surface area contributed by atoms with Gasteiger partial charge in [-0.25, -0.2) is 0 Å². The van der Waals surface area contributed by atoms with E-state index in [1.54, 1.807) is 7.11 Å². The van der Waals surface area contributed by atoms with Crippen LogP contribution in [0.5, 0.6) is 5.75 Å². The highest BCUT2D eigenvalue weighted by molar-refractivity contribution is 5.61. The lowest BCUT2D eigenvalue weighted by atomic mass is 10.2. The van der Waals surface area contributed by atoms with Gasteiger partial charge in [0.1, 0.15) is 5.75 Å². The smallest absolute Gasteiger partial charge is 0.235 e. The van der Waals surface area contributed by atoms with Crippen molar-refractivity contribution in [2.24, 2.45) is 0 Å². The molecule has 1 aromatic carbocycles. The molecule has 0 amide bonds. The Morgan fingerprint density at radius 1 is 1.28 bits per heavy atom. The number of benzene rings is 1. The Morgan fingerprint density at radius 2 is 2.06 bits per heavy atom. The second-order valence-corrected chi connectivity index (χ2v) is 3.95. The number of nitrogens with zero attached hydrogens (tertiary/aromatic N) is 2. The van der Waals surface area contributed by atoms with Gasteiger partial charge in [-0.15, -0.1) is 10.2 Å². The minimum Gasteiger partial charge on any atom is -0.495 e. The maximum Gasteiger partial charge on any atom is 0.235 e. The fraction of sp³-hybridized carbons (Fsp3) is 0.385. The van der Waals surface area contributed by atoms with Crippen LogP contribution >= 0.6 is 0 Å². The predicted molar refractivity (Wildman–Crippen MR) is 68.7 cm³/mol. The van der Waals surface area contributed by atoms with Gasteiger partial charge in [-0.2, -0.15) is 0 Å². The zero-order valence-electron chi connectivity index (χ0n) is 10.9. The number of rotatable bonds is 5. The Kier molecular flexibility index (Phi) is 3.82. The van der Waals surface area contributed by atoms with Gasteiger partial charge in [-0.05, 0) is 18.6 Å². The number of anilines is 1. The molecule has 0 atom stereocenters. The molecule has 2 aromatic rings. The summed E-state index contributed by atoms with van der Waals surface area (Å²) in [4.78, 5) is 0. The van der Waals surface area contributed by atoms with Crippen LogP contribution in [0.4, 0.5) is 5.69 Å². The summed E-state index contributed by atoms with van der Waals surface area (Å²) in [6, 6.07) is 5.90. The molecule has 0 radical (unpaired) electrons. The summed E-state index contributed by atoms with van der Waals surface area (Å²) in [6.07, 6.45) is 0.751. The van der Waals surface area contributed by atoms with E-state index in [1.165, 1.54) is 0 Å². The lowest BCUT2D eigenvalue weighted by Crippen LogP contribution is -2.03. The van der Waals surface area contributed by atoms with E-state index >= 15 is 0 Å². The molecule has 0 aliphatic heterocycles. The van der Waals surface area contributed by atoms with Crippen molar-refractivity contribution >= 4 is 5.69 Å². The molecule has 0 saturated carbocycles. The van der Waals surface area contributed by atoms with Crippen molar-refractivity contribution in [2.75, 3.05) is 12.4 Å². The molecule has 5 nitrogen and oxygen atoms in total. The number of para-hydroxylation sites is 1. The van der Waals surface area contributed by atoms with Gasteiger partial charge in [0.2, 0.25) is 11.8 Å². The van der Waals surface area contributed by atoms with E-state index in [0.29, 0.717) is 18.3 Å². The monoisotopic (exact) mass is 247 g/mol. The molecule has 0 fully saturated rings. The van der Waals surface area contributed by atoms with Crippen LogP contribution in [0, 0.1) is 6.92 Å². The van der Waals surface area contributed by atoms with Gasteiger partial charge in [0, 0.05) is 6.42 Å². The zero-order valence-corrected chi connectivity index (χ0v) is 10.9. The molecular weight excluding hydrogens is 230 g/mol. The van der Waals surface area contributed by atoms with E-state index in [4.69, 9.17) is 9.15 Å². The number of ether oxygens (including phenoxy) is 1. The number of aryl methyl sites for hydroxylation is 2. The third-order valence-electron chi connectivity index (χ3n) is 2.68. The van der Waals surface area contributed by atoms with Crippen LogP contribution in [-0.4, -0.2) is 17.3 Å². The van der Waals surface area contributed by atoms with Crippen molar-refractivity contribution in [3.8, 4) is 5.75 Å². The topological polar surface area (TPSA) is 60.2 Å². The third kappa shape index (κ3) is 2.61. The molecule has 5 heteroatoms. The maximum atomic E-state index is 5.44. The lowest BCUT2D eigenvalue weighted by Gasteiger charge is -2.12. The first-order valence-electron chi connectivity index (χ1n) is 5.93. The van der Waals surface area contributed by atoms with Gasteiger partial charge in [0.15, 0.2) is 0 Å². The van der Waals surface area contributed by atoms with E-state index in [0.717, 1.165) is 23.4 Å². The fourth-order valence-corrected chi connectivity index (χ4v) is 1.70. The van der Waals surface area contributed by atoms with Crippen molar-refractivity contribution in [1.29, 1.82) is 0 Å². The number of nitrogens with one attached hydrogen (secondary N) is 1. The average Bonchev–Trinajstić information content (AvgIpc) is 2.85. The number of hydrogen-bond donors (Lipinski definition) is 1. The number of methoxy groups -OCH3 is 1. The van der Waals surface area contributed by atoms with Crippen LogP contribution in [0.2, 0.25) is 0 Å². The van der Waals surface area contributed by atoms with Gasteiger partial charge in [0.05, 0.1) is 19.3 Å². The Bertz CT molecular complexity index is 523. The highest BCUT2D eigenvalue weighted by Gasteiger charge is 2.08. The molecule has 0 bridgehead atoms. The fourth-order valence-electron chi connectivity index (χ4n) is 1.70. The molecular formula is C13H17N3O2. The molecule has 18 heavy (non-hydrogen) atoms. The molecule has 1 aromatic heterocycles. The maximum absolute atomic E-state index is 5.44. The Balaban J connectivity index is 2.10. The second-order valence-electron chi connectivity index (χ2n) is 3.95. The van der Waals surface area contributed by atoms with E-state index < -0.39 is 0 Å². The quantitative estimate of drug-likeness (QED) is 0.879. The number of hydrogen-bond acceptors (Lipinski definition) is 5. The molecule has 0 aliphatic carbocycles. The minimum atomic E-state index is 0.494. The summed E-state index contributed by atoms with van der Waals surface area (Å²) in [5.41, 5.74) is 2.07. The van der Waals surface area contributed by atoms with Crippen LogP contribution in [0.3, 0.4) is 0 Å². The van der Waals surface area contributed by atoms with Crippen molar-refractivity contribution in [2.45, 2.75) is 26.8 Å². The molecule has 0 unspecified atom stereocenters. The standard InChI is InChI=1S/C13H17N3O2/c1-4-11-15-16-12(18-11)8-14-13-9(2)6-5-7-10(13)17-3/h5-7,14H,4,8H2,1-3H3. The highest BCUT2D eigenvalue weighted by Crippen LogP contribution is 2.27. The Hall–Kier alpha value is -2.04. The van der Waals surface area contributed by atoms with Gasteiger partial charge >= 0.3 is 0 Å². The van der Waals surface area contributed by atoms with Gasteiger partial charge in [0.25, 0.3) is 0 Å². The van der Waals surface area contributed by atoms with Crippen LogP contribution in [0.1, 0.15) is 24.3 Å². The summed E-state index contributed by atoms with van der Waals surface area (Å²) in [5, 5.41) is 11.2. The van der Waals surface area contributed by atoms with Crippen LogP contribution < -0.4 is 10.1 Å². The van der Waals surface area contributed by atoms with Crippen LogP contribution in [-0.2, 0) is 13.0 Å². The summed E-state index contributed by atoms with van der Waals surface area (Å²) < 4.78 is 10.8. The SMILES string of the molecule is CCc1nnc(CNc2c(C)cccc2OC)o1. The lowest BCUT2D eigenvalue weighted by molar-refractivity contribution is 0.415. The molecule has 1 heterocycles. The summed E-state index contributed by atoms with van der Waals surface area (Å²) in [6.45, 7) is 4.50. The summed E-state index contributed by atoms with van der Waals surface area (Å²) in [5.74, 6) is 2.05. The van der Waals surface area contributed by atoms with Crippen molar-refractivity contribution in [3.05, 3.63) is 35.5 Å². The summed E-state index contributed by atoms with van der Waals surface area (Å²) >= 11 is 0. The van der Waals surface area contributed by atoms with Gasteiger partial charge < -0.3 is 14.5 Å². The van der Waals surface area contributed by atoms with E-state index in [2.05, 4.69) is 15.5 Å². The first-order chi connectivity index (χ1) is 8.74. The highest BCUT2D eigenvalue weighted by atomic mass is 16.5. The van der Waals surface area contributed by atoms with E-state index in [9.17, 15) is 0 Å². The molecule has 0 spiro atoms. The van der Waals surface area contributed by atoms with Crippen molar-refractivity contribution in [3.63, 3.8) is 0 Å². The largest absolute Gasteiger partial charge is 0.495 e. The molecule has 0 saturated heterocycles. The second kappa shape index (κ2) is 5.53. The molecule has 2 rings (SSSR count). The Morgan fingerprint density at radius 3 is 2.72 bits per heavy atom. The third-order valence-corrected chi connectivity index (χ3v) is 2.68. The number of aromatic nitrogens is 2. The van der Waals surface area contributed by atoms with Gasteiger partial charge in [-0.3, -0.25) is 0 Å².